The molecular formula is C44H40N6O. The Balaban J connectivity index is 1.14. The van der Waals surface area contributed by atoms with Crippen LogP contribution < -0.4 is 27.0 Å². The smallest absolute Gasteiger partial charge is 0.255 e. The summed E-state index contributed by atoms with van der Waals surface area (Å²) in [5, 5.41) is 11.5. The molecule has 0 aliphatic heterocycles. The molecule has 0 spiro atoms. The molecule has 0 fully saturated rings. The maximum atomic E-state index is 13.6. The molecule has 7 aromatic rings. The number of anilines is 3. The summed E-state index contributed by atoms with van der Waals surface area (Å²) in [6, 6.07) is 53.9. The fourth-order valence-corrected chi connectivity index (χ4v) is 6.54. The average Bonchev–Trinajstić information content (AvgIpc) is 3.17. The largest absolute Gasteiger partial charge is 0.383 e. The monoisotopic (exact) mass is 668 g/mol. The van der Waals surface area contributed by atoms with Gasteiger partial charge >= 0.3 is 0 Å². The number of benzene rings is 7. The molecule has 7 rings (SSSR count). The third-order valence-corrected chi connectivity index (χ3v) is 9.06. The van der Waals surface area contributed by atoms with Crippen molar-refractivity contribution in [3.63, 3.8) is 0 Å². The van der Waals surface area contributed by atoms with Crippen molar-refractivity contribution in [3.8, 4) is 11.1 Å². The van der Waals surface area contributed by atoms with Crippen LogP contribution in [0.15, 0.2) is 163 Å². The summed E-state index contributed by atoms with van der Waals surface area (Å²) in [6.07, 6.45) is 0. The van der Waals surface area contributed by atoms with Crippen molar-refractivity contribution in [2.24, 2.45) is 16.5 Å². The van der Waals surface area contributed by atoms with E-state index in [1.54, 1.807) is 0 Å². The molecule has 7 aromatic carbocycles. The lowest BCUT2D eigenvalue weighted by atomic mass is 10.0. The van der Waals surface area contributed by atoms with Crippen LogP contribution in [0.5, 0.6) is 0 Å². The summed E-state index contributed by atoms with van der Waals surface area (Å²) in [7, 11) is 0. The summed E-state index contributed by atoms with van der Waals surface area (Å²) >= 11 is 0. The highest BCUT2D eigenvalue weighted by atomic mass is 16.1. The number of nitrogens with two attached hydrogens (primary N) is 2. The van der Waals surface area contributed by atoms with E-state index in [2.05, 4.69) is 118 Å². The predicted octanol–water partition coefficient (Wildman–Crippen LogP) is 8.80. The maximum absolute atomic E-state index is 13.6. The summed E-state index contributed by atoms with van der Waals surface area (Å²) in [6.45, 7) is 2.44. The van der Waals surface area contributed by atoms with Gasteiger partial charge in [0.2, 0.25) is 0 Å². The van der Waals surface area contributed by atoms with Crippen LogP contribution in [0.2, 0.25) is 0 Å². The van der Waals surface area contributed by atoms with E-state index in [0.29, 0.717) is 18.7 Å². The molecule has 252 valence electrons. The standard InChI is InChI=1S/C44H40N6O/c45-44(46)48-27-26-47-42-25-20-34(28-41(42)33-10-2-1-3-11-33)43(51)49-37-21-23-38(24-22-37)50(29-35-16-8-14-31-12-4-6-18-39(31)35)30-36-17-9-15-32-13-5-7-19-40(32)36/h1-25,28,47H,26-27,29-30H2,(H,49,51)(H4,45,46,48). The van der Waals surface area contributed by atoms with E-state index < -0.39 is 0 Å². The molecule has 7 nitrogen and oxygen atoms in total. The Hall–Kier alpha value is -6.60. The zero-order valence-electron chi connectivity index (χ0n) is 28.3. The Kier molecular flexibility index (Phi) is 9.88. The lowest BCUT2D eigenvalue weighted by Gasteiger charge is -2.27. The Bertz CT molecular complexity index is 2220. The molecule has 0 atom stereocenters. The normalized spacial score (nSPS) is 10.9. The van der Waals surface area contributed by atoms with Crippen LogP contribution in [-0.4, -0.2) is 25.0 Å². The zero-order chi connectivity index (χ0) is 35.0. The van der Waals surface area contributed by atoms with Crippen molar-refractivity contribution >= 4 is 50.5 Å². The van der Waals surface area contributed by atoms with Gasteiger partial charge in [-0.25, -0.2) is 0 Å². The van der Waals surface area contributed by atoms with Crippen LogP contribution in [0.3, 0.4) is 0 Å². The topological polar surface area (TPSA) is 109 Å². The Labute approximate surface area is 298 Å². The molecule has 0 saturated heterocycles. The van der Waals surface area contributed by atoms with Crippen LogP contribution in [0.4, 0.5) is 17.1 Å². The molecule has 0 unspecified atom stereocenters. The fourth-order valence-electron chi connectivity index (χ4n) is 6.54. The van der Waals surface area contributed by atoms with Gasteiger partial charge in [-0.3, -0.25) is 9.79 Å². The third kappa shape index (κ3) is 7.84. The number of aliphatic imine (C=N–C) groups is 1. The lowest BCUT2D eigenvalue weighted by Crippen LogP contribution is -2.24. The second-order valence-corrected chi connectivity index (χ2v) is 12.5. The van der Waals surface area contributed by atoms with Crippen molar-refractivity contribution in [1.82, 2.24) is 0 Å². The number of carbonyl (C=O) groups excluding carboxylic acids is 1. The van der Waals surface area contributed by atoms with Crippen LogP contribution in [0.25, 0.3) is 32.7 Å². The molecule has 0 bridgehead atoms. The number of rotatable bonds is 12. The fraction of sp³-hybridized carbons (Fsp3) is 0.0909. The number of amides is 1. The van der Waals surface area contributed by atoms with Gasteiger partial charge in [0.1, 0.15) is 0 Å². The van der Waals surface area contributed by atoms with Crippen molar-refractivity contribution in [1.29, 1.82) is 0 Å². The molecule has 0 radical (unpaired) electrons. The van der Waals surface area contributed by atoms with Crippen LogP contribution in [0, 0.1) is 0 Å². The third-order valence-electron chi connectivity index (χ3n) is 9.06. The second-order valence-electron chi connectivity index (χ2n) is 12.5. The van der Waals surface area contributed by atoms with Crippen molar-refractivity contribution in [2.45, 2.75) is 13.1 Å². The van der Waals surface area contributed by atoms with E-state index in [-0.39, 0.29) is 11.9 Å². The highest BCUT2D eigenvalue weighted by Gasteiger charge is 2.15. The number of hydrogen-bond donors (Lipinski definition) is 4. The van der Waals surface area contributed by atoms with Gasteiger partial charge in [-0.2, -0.15) is 0 Å². The Morgan fingerprint density at radius 2 is 1.22 bits per heavy atom. The van der Waals surface area contributed by atoms with Gasteiger partial charge in [-0.05, 0) is 80.7 Å². The Morgan fingerprint density at radius 1 is 0.627 bits per heavy atom. The van der Waals surface area contributed by atoms with Gasteiger partial charge in [0.15, 0.2) is 5.96 Å². The van der Waals surface area contributed by atoms with E-state index >= 15 is 0 Å². The first-order valence-corrected chi connectivity index (χ1v) is 17.1. The van der Waals surface area contributed by atoms with E-state index in [9.17, 15) is 4.79 Å². The molecule has 0 heterocycles. The minimum Gasteiger partial charge on any atom is -0.383 e. The SMILES string of the molecule is NC(N)=NCCNc1ccc(C(=O)Nc2ccc(N(Cc3cccc4ccccc34)Cc3cccc4ccccc34)cc2)cc1-c1ccccc1. The minimum atomic E-state index is -0.185. The van der Waals surface area contributed by atoms with Gasteiger partial charge in [0.25, 0.3) is 5.91 Å². The van der Waals surface area contributed by atoms with Gasteiger partial charge in [-0.1, -0.05) is 115 Å². The summed E-state index contributed by atoms with van der Waals surface area (Å²) in [4.78, 5) is 20.1. The number of nitrogens with one attached hydrogen (secondary N) is 2. The summed E-state index contributed by atoms with van der Waals surface area (Å²) < 4.78 is 0. The van der Waals surface area contributed by atoms with Gasteiger partial charge in [0, 0.05) is 47.8 Å². The van der Waals surface area contributed by atoms with E-state index in [1.807, 2.05) is 60.7 Å². The Morgan fingerprint density at radius 3 is 1.84 bits per heavy atom. The molecule has 0 aliphatic carbocycles. The number of guanidine groups is 1. The van der Waals surface area contributed by atoms with E-state index in [1.165, 1.54) is 32.7 Å². The molecule has 6 N–H and O–H groups in total. The molecular weight excluding hydrogens is 629 g/mol. The van der Waals surface area contributed by atoms with Crippen LogP contribution in [-0.2, 0) is 13.1 Å². The van der Waals surface area contributed by atoms with Gasteiger partial charge in [0.05, 0.1) is 6.54 Å². The molecule has 7 heteroatoms. The summed E-state index contributed by atoms with van der Waals surface area (Å²) in [5.74, 6) is -0.127. The average molecular weight is 669 g/mol. The van der Waals surface area contributed by atoms with Gasteiger partial charge in [-0.15, -0.1) is 0 Å². The van der Waals surface area contributed by atoms with Crippen LogP contribution >= 0.6 is 0 Å². The van der Waals surface area contributed by atoms with E-state index in [4.69, 9.17) is 11.5 Å². The van der Waals surface area contributed by atoms with Crippen molar-refractivity contribution in [2.75, 3.05) is 28.6 Å². The predicted molar refractivity (Wildman–Crippen MR) is 213 cm³/mol. The highest BCUT2D eigenvalue weighted by molar-refractivity contribution is 6.05. The first-order valence-electron chi connectivity index (χ1n) is 17.1. The van der Waals surface area contributed by atoms with Gasteiger partial charge < -0.3 is 27.0 Å². The first-order chi connectivity index (χ1) is 25.0. The number of carbonyl (C=O) groups is 1. The van der Waals surface area contributed by atoms with Crippen molar-refractivity contribution < 1.29 is 4.79 Å². The molecule has 0 saturated carbocycles. The molecule has 51 heavy (non-hydrogen) atoms. The maximum Gasteiger partial charge on any atom is 0.255 e. The second kappa shape index (κ2) is 15.3. The van der Waals surface area contributed by atoms with Crippen molar-refractivity contribution in [3.05, 3.63) is 174 Å². The number of hydrogen-bond acceptors (Lipinski definition) is 4. The quantitative estimate of drug-likeness (QED) is 0.0591. The minimum absolute atomic E-state index is 0.0578. The molecule has 1 amide bonds. The molecule has 0 aliphatic rings. The van der Waals surface area contributed by atoms with E-state index in [0.717, 1.165) is 41.3 Å². The lowest BCUT2D eigenvalue weighted by molar-refractivity contribution is 0.102. The zero-order valence-corrected chi connectivity index (χ0v) is 28.3. The molecule has 0 aromatic heterocycles. The summed E-state index contributed by atoms with van der Waals surface area (Å²) in [5.41, 5.74) is 18.6. The first kappa shape index (κ1) is 32.9. The van der Waals surface area contributed by atoms with Crippen LogP contribution in [0.1, 0.15) is 21.5 Å². The highest BCUT2D eigenvalue weighted by Crippen LogP contribution is 2.31. The number of nitrogens with zero attached hydrogens (tertiary/aromatic N) is 2. The number of fused-ring (bicyclic) bond motifs is 2.